The van der Waals surface area contributed by atoms with Crippen molar-refractivity contribution in [3.8, 4) is 5.75 Å². The van der Waals surface area contributed by atoms with Crippen LogP contribution in [-0.2, 0) is 4.79 Å². The highest BCUT2D eigenvalue weighted by Crippen LogP contribution is 2.64. The Morgan fingerprint density at radius 3 is 2.56 bits per heavy atom. The molecule has 0 aromatic heterocycles. The van der Waals surface area contributed by atoms with Crippen LogP contribution < -0.4 is 10.1 Å². The Morgan fingerprint density at radius 2 is 1.92 bits per heavy atom. The van der Waals surface area contributed by atoms with Crippen LogP contribution >= 0.6 is 35.1 Å². The van der Waals surface area contributed by atoms with Gasteiger partial charge in [-0.15, -0.1) is 23.5 Å². The molecule has 4 rings (SSSR count). The third-order valence-corrected chi connectivity index (χ3v) is 10.2. The molecule has 1 unspecified atom stereocenters. The number of anilines is 1. The summed E-state index contributed by atoms with van der Waals surface area (Å²) in [5, 5.41) is 3.68. The zero-order chi connectivity index (χ0) is 17.4. The number of rotatable bonds is 3. The number of halogens is 1. The first-order valence-electron chi connectivity index (χ1n) is 9.04. The molecule has 1 saturated heterocycles. The second-order valence-electron chi connectivity index (χ2n) is 7.25. The van der Waals surface area contributed by atoms with Gasteiger partial charge in [-0.3, -0.25) is 4.79 Å². The summed E-state index contributed by atoms with van der Waals surface area (Å²) in [6, 6.07) is 5.35. The van der Waals surface area contributed by atoms with Crippen LogP contribution in [0.1, 0.15) is 32.1 Å². The summed E-state index contributed by atoms with van der Waals surface area (Å²) in [7, 11) is 1.61. The van der Waals surface area contributed by atoms with E-state index in [4.69, 9.17) is 16.3 Å². The van der Waals surface area contributed by atoms with Gasteiger partial charge in [0, 0.05) is 22.4 Å². The summed E-state index contributed by atoms with van der Waals surface area (Å²) in [5.41, 5.74) is 0.676. The molecule has 136 valence electrons. The van der Waals surface area contributed by atoms with Crippen LogP contribution in [0.4, 0.5) is 5.69 Å². The summed E-state index contributed by atoms with van der Waals surface area (Å²) in [6.07, 6.45) is 5.92. The van der Waals surface area contributed by atoms with E-state index in [1.165, 1.54) is 30.8 Å². The lowest BCUT2D eigenvalue weighted by molar-refractivity contribution is -0.122. The van der Waals surface area contributed by atoms with E-state index in [1.54, 1.807) is 25.3 Å². The maximum atomic E-state index is 13.0. The molecule has 1 heterocycles. The van der Waals surface area contributed by atoms with Gasteiger partial charge in [0.05, 0.1) is 16.9 Å². The summed E-state index contributed by atoms with van der Waals surface area (Å²) >= 11 is 10.4. The zero-order valence-corrected chi connectivity index (χ0v) is 16.8. The largest absolute Gasteiger partial charge is 0.495 e. The topological polar surface area (TPSA) is 38.3 Å². The predicted octanol–water partition coefficient (Wildman–Crippen LogP) is 5.29. The number of amides is 1. The molecule has 1 amide bonds. The van der Waals surface area contributed by atoms with E-state index in [1.807, 2.05) is 0 Å². The predicted molar refractivity (Wildman–Crippen MR) is 108 cm³/mol. The highest BCUT2D eigenvalue weighted by atomic mass is 35.5. The minimum Gasteiger partial charge on any atom is -0.495 e. The second-order valence-corrected chi connectivity index (χ2v) is 10.7. The molecule has 3 atom stereocenters. The Bertz CT molecular complexity index is 647. The number of hydrogen-bond donors (Lipinski definition) is 1. The van der Waals surface area contributed by atoms with Gasteiger partial charge in [-0.25, -0.2) is 0 Å². The van der Waals surface area contributed by atoms with E-state index in [0.717, 1.165) is 12.8 Å². The smallest absolute Gasteiger partial charge is 0.227 e. The lowest BCUT2D eigenvalue weighted by Gasteiger charge is -2.52. The van der Waals surface area contributed by atoms with Gasteiger partial charge in [-0.2, -0.15) is 0 Å². The third kappa shape index (κ3) is 3.28. The minimum absolute atomic E-state index is 0.103. The summed E-state index contributed by atoms with van der Waals surface area (Å²) in [4.78, 5) is 13.0. The fourth-order valence-electron chi connectivity index (χ4n) is 4.84. The van der Waals surface area contributed by atoms with Crippen LogP contribution in [0.25, 0.3) is 0 Å². The average Bonchev–Trinajstić information content (AvgIpc) is 3.04. The molecule has 2 aliphatic carbocycles. The van der Waals surface area contributed by atoms with Crippen molar-refractivity contribution >= 4 is 46.7 Å². The number of nitrogens with one attached hydrogen (secondary N) is 1. The number of carbonyl (C=O) groups excluding carboxylic acids is 1. The van der Waals surface area contributed by atoms with Gasteiger partial charge in [0.15, 0.2) is 0 Å². The van der Waals surface area contributed by atoms with Crippen molar-refractivity contribution in [2.24, 2.45) is 17.8 Å². The molecule has 1 aliphatic heterocycles. The molecule has 2 bridgehead atoms. The van der Waals surface area contributed by atoms with Crippen LogP contribution in [0.3, 0.4) is 0 Å². The first-order valence-corrected chi connectivity index (χ1v) is 11.4. The monoisotopic (exact) mass is 397 g/mol. The van der Waals surface area contributed by atoms with E-state index >= 15 is 0 Å². The van der Waals surface area contributed by atoms with Crippen molar-refractivity contribution in [1.82, 2.24) is 0 Å². The highest BCUT2D eigenvalue weighted by molar-refractivity contribution is 8.21. The molecule has 6 heteroatoms. The van der Waals surface area contributed by atoms with E-state index in [-0.39, 0.29) is 11.8 Å². The van der Waals surface area contributed by atoms with Crippen LogP contribution in [0.2, 0.25) is 5.02 Å². The maximum absolute atomic E-state index is 13.0. The lowest BCUT2D eigenvalue weighted by atomic mass is 9.67. The van der Waals surface area contributed by atoms with Crippen LogP contribution in [0.5, 0.6) is 5.75 Å². The Labute approximate surface area is 163 Å². The summed E-state index contributed by atoms with van der Waals surface area (Å²) in [6.45, 7) is 0. The molecule has 1 N–H and O–H groups in total. The maximum Gasteiger partial charge on any atom is 0.227 e. The van der Waals surface area contributed by atoms with E-state index < -0.39 is 0 Å². The molecule has 25 heavy (non-hydrogen) atoms. The van der Waals surface area contributed by atoms with Gasteiger partial charge in [0.25, 0.3) is 0 Å². The number of methoxy groups -OCH3 is 1. The molecule has 3 aliphatic rings. The van der Waals surface area contributed by atoms with Crippen LogP contribution in [0.15, 0.2) is 18.2 Å². The first-order chi connectivity index (χ1) is 12.1. The molecular formula is C19H24ClNO2S2. The standard InChI is InChI=1S/C19H24ClNO2S2/c1-23-17-6-5-15(20)11-16(17)21-18(22)12-9-13-3-2-4-14(10-12)19(13)24-7-8-25-19/h5-6,11-14H,2-4,7-10H2,1H3,(H,21,22)/t12?,13-,14+. The highest BCUT2D eigenvalue weighted by Gasteiger charge is 2.55. The molecule has 2 saturated carbocycles. The fraction of sp³-hybridized carbons (Fsp3) is 0.632. The van der Waals surface area contributed by atoms with Crippen molar-refractivity contribution in [3.63, 3.8) is 0 Å². The van der Waals surface area contributed by atoms with Crippen molar-refractivity contribution in [2.75, 3.05) is 23.9 Å². The number of benzene rings is 1. The molecule has 3 fully saturated rings. The quantitative estimate of drug-likeness (QED) is 0.752. The fourth-order valence-corrected chi connectivity index (χ4v) is 8.95. The Balaban J connectivity index is 1.50. The normalized spacial score (nSPS) is 30.2. The first kappa shape index (κ1) is 17.9. The number of hydrogen-bond acceptors (Lipinski definition) is 4. The van der Waals surface area contributed by atoms with Crippen molar-refractivity contribution in [1.29, 1.82) is 0 Å². The third-order valence-electron chi connectivity index (χ3n) is 5.91. The van der Waals surface area contributed by atoms with Crippen molar-refractivity contribution in [3.05, 3.63) is 23.2 Å². The molecule has 1 spiro atoms. The Morgan fingerprint density at radius 1 is 1.24 bits per heavy atom. The van der Waals surface area contributed by atoms with E-state index in [0.29, 0.717) is 32.4 Å². The van der Waals surface area contributed by atoms with Gasteiger partial charge >= 0.3 is 0 Å². The summed E-state index contributed by atoms with van der Waals surface area (Å²) < 4.78 is 5.76. The molecular weight excluding hydrogens is 374 g/mol. The van der Waals surface area contributed by atoms with Crippen molar-refractivity contribution in [2.45, 2.75) is 36.2 Å². The lowest BCUT2D eigenvalue weighted by Crippen LogP contribution is -2.48. The zero-order valence-electron chi connectivity index (χ0n) is 14.4. The van der Waals surface area contributed by atoms with Gasteiger partial charge in [-0.1, -0.05) is 18.0 Å². The van der Waals surface area contributed by atoms with Crippen LogP contribution in [0, 0.1) is 17.8 Å². The van der Waals surface area contributed by atoms with E-state index in [2.05, 4.69) is 28.8 Å². The number of thioether (sulfide) groups is 2. The number of ether oxygens (including phenoxy) is 1. The molecule has 1 aromatic carbocycles. The molecule has 1 aromatic rings. The van der Waals surface area contributed by atoms with Gasteiger partial charge < -0.3 is 10.1 Å². The summed E-state index contributed by atoms with van der Waals surface area (Å²) in [5.74, 6) is 4.78. The number of carbonyl (C=O) groups is 1. The van der Waals surface area contributed by atoms with Crippen LogP contribution in [-0.4, -0.2) is 28.6 Å². The van der Waals surface area contributed by atoms with Gasteiger partial charge in [0.1, 0.15) is 5.75 Å². The SMILES string of the molecule is COc1ccc(Cl)cc1NC(=O)C1C[C@H]2CCC[C@@H](C1)C21SCCS1. The average molecular weight is 398 g/mol. The Kier molecular flexibility index (Phi) is 5.18. The van der Waals surface area contributed by atoms with E-state index in [9.17, 15) is 4.79 Å². The molecule has 3 nitrogen and oxygen atoms in total. The Hall–Kier alpha value is -0.520. The van der Waals surface area contributed by atoms with Crippen molar-refractivity contribution < 1.29 is 9.53 Å². The minimum atomic E-state index is 0.103. The van der Waals surface area contributed by atoms with Gasteiger partial charge in [0.2, 0.25) is 5.91 Å². The van der Waals surface area contributed by atoms with Gasteiger partial charge in [-0.05, 0) is 55.7 Å². The molecule has 0 radical (unpaired) electrons. The second kappa shape index (κ2) is 7.24.